The number of hydrogen-bond donors (Lipinski definition) is 1. The summed E-state index contributed by atoms with van der Waals surface area (Å²) < 4.78 is 1.71. The molecule has 1 N–H and O–H groups in total. The average molecular weight is 392 g/mol. The number of benzene rings is 1. The summed E-state index contributed by atoms with van der Waals surface area (Å²) in [6, 6.07) is 9.79. The molecule has 2 aromatic heterocycles. The molecule has 4 rings (SSSR count). The van der Waals surface area contributed by atoms with Gasteiger partial charge in [0.05, 0.1) is 28.9 Å². The lowest BCUT2D eigenvalue weighted by Crippen LogP contribution is -2.39. The van der Waals surface area contributed by atoms with Crippen LogP contribution >= 0.6 is 0 Å². The van der Waals surface area contributed by atoms with E-state index in [4.69, 9.17) is 10.1 Å². The maximum absolute atomic E-state index is 13.3. The van der Waals surface area contributed by atoms with E-state index < -0.39 is 5.97 Å². The highest BCUT2D eigenvalue weighted by molar-refractivity contribution is 6.06. The number of amides is 1. The van der Waals surface area contributed by atoms with Crippen LogP contribution in [-0.4, -0.2) is 49.7 Å². The van der Waals surface area contributed by atoms with Crippen LogP contribution in [0.4, 0.5) is 0 Å². The minimum Gasteiger partial charge on any atom is -0.478 e. The zero-order valence-corrected chi connectivity index (χ0v) is 16.6. The van der Waals surface area contributed by atoms with Gasteiger partial charge in [-0.25, -0.2) is 4.79 Å². The molecule has 7 nitrogen and oxygen atoms in total. The highest BCUT2D eigenvalue weighted by Gasteiger charge is 2.27. The molecule has 0 saturated carbocycles. The lowest BCUT2D eigenvalue weighted by molar-refractivity contribution is 0.0689. The highest BCUT2D eigenvalue weighted by atomic mass is 16.4. The third kappa shape index (κ3) is 3.72. The molecule has 0 atom stereocenters. The Morgan fingerprint density at radius 2 is 1.90 bits per heavy atom. The van der Waals surface area contributed by atoms with Crippen LogP contribution in [0.15, 0.2) is 42.7 Å². The third-order valence-electron chi connectivity index (χ3n) is 5.53. The first kappa shape index (κ1) is 19.1. The number of fused-ring (bicyclic) bond motifs is 1. The number of carboxylic acids is 1. The quantitative estimate of drug-likeness (QED) is 0.731. The topological polar surface area (TPSA) is 88.3 Å². The molecule has 0 spiro atoms. The lowest BCUT2D eigenvalue weighted by atomic mass is 10.00. The SMILES string of the molecule is CC(C)c1cc(C(=O)N2CCC(n3cc(C(=O)O)cn3)CC2)c2ccccc2n1. The Morgan fingerprint density at radius 3 is 2.55 bits per heavy atom. The number of likely N-dealkylation sites (tertiary alicyclic amines) is 1. The summed E-state index contributed by atoms with van der Waals surface area (Å²) in [5, 5.41) is 14.1. The molecule has 3 heterocycles. The zero-order chi connectivity index (χ0) is 20.5. The van der Waals surface area contributed by atoms with E-state index in [9.17, 15) is 9.59 Å². The van der Waals surface area contributed by atoms with E-state index in [0.717, 1.165) is 29.4 Å². The van der Waals surface area contributed by atoms with Crippen LogP contribution in [0.2, 0.25) is 0 Å². The first-order chi connectivity index (χ1) is 13.9. The number of rotatable bonds is 4. The van der Waals surface area contributed by atoms with Crippen molar-refractivity contribution in [1.29, 1.82) is 0 Å². The number of hydrogen-bond acceptors (Lipinski definition) is 4. The van der Waals surface area contributed by atoms with Gasteiger partial charge in [-0.15, -0.1) is 0 Å². The van der Waals surface area contributed by atoms with Crippen LogP contribution in [-0.2, 0) is 0 Å². The number of carboxylic acid groups (broad SMARTS) is 1. The van der Waals surface area contributed by atoms with Crippen molar-refractivity contribution < 1.29 is 14.7 Å². The van der Waals surface area contributed by atoms with Gasteiger partial charge in [0.15, 0.2) is 0 Å². The van der Waals surface area contributed by atoms with Gasteiger partial charge in [0.2, 0.25) is 0 Å². The van der Waals surface area contributed by atoms with Crippen LogP contribution in [0.25, 0.3) is 10.9 Å². The van der Waals surface area contributed by atoms with Crippen molar-refractivity contribution >= 4 is 22.8 Å². The normalized spacial score (nSPS) is 15.2. The van der Waals surface area contributed by atoms with Crippen LogP contribution in [0.5, 0.6) is 0 Å². The molecule has 1 aliphatic rings. The second-order valence-electron chi connectivity index (χ2n) is 7.80. The van der Waals surface area contributed by atoms with E-state index in [0.29, 0.717) is 18.7 Å². The molecule has 1 fully saturated rings. The van der Waals surface area contributed by atoms with E-state index in [2.05, 4.69) is 18.9 Å². The van der Waals surface area contributed by atoms with Gasteiger partial charge in [-0.2, -0.15) is 5.10 Å². The lowest BCUT2D eigenvalue weighted by Gasteiger charge is -2.32. The Bertz CT molecular complexity index is 1060. The van der Waals surface area contributed by atoms with E-state index in [1.54, 1.807) is 10.9 Å². The Morgan fingerprint density at radius 1 is 1.17 bits per heavy atom. The predicted octanol–water partition coefficient (Wildman–Crippen LogP) is 3.73. The number of para-hydroxylation sites is 1. The van der Waals surface area contributed by atoms with Gasteiger partial charge in [0.25, 0.3) is 5.91 Å². The summed E-state index contributed by atoms with van der Waals surface area (Å²) in [5.41, 5.74) is 2.65. The van der Waals surface area contributed by atoms with Crippen molar-refractivity contribution in [3.8, 4) is 0 Å². The molecule has 29 heavy (non-hydrogen) atoms. The molecule has 1 aromatic carbocycles. The van der Waals surface area contributed by atoms with Crippen LogP contribution in [0.1, 0.15) is 65.1 Å². The van der Waals surface area contributed by atoms with Gasteiger partial charge in [0.1, 0.15) is 0 Å². The fourth-order valence-corrected chi connectivity index (χ4v) is 3.82. The molecular formula is C22H24N4O3. The van der Waals surface area contributed by atoms with Gasteiger partial charge in [-0.3, -0.25) is 14.5 Å². The Hall–Kier alpha value is -3.22. The molecule has 7 heteroatoms. The van der Waals surface area contributed by atoms with Crippen LogP contribution in [0.3, 0.4) is 0 Å². The number of aromatic carboxylic acids is 1. The van der Waals surface area contributed by atoms with Crippen molar-refractivity contribution in [2.24, 2.45) is 0 Å². The fraction of sp³-hybridized carbons (Fsp3) is 0.364. The molecule has 0 aliphatic carbocycles. The molecule has 3 aromatic rings. The van der Waals surface area contributed by atoms with Gasteiger partial charge >= 0.3 is 5.97 Å². The predicted molar refractivity (Wildman–Crippen MR) is 109 cm³/mol. The van der Waals surface area contributed by atoms with Gasteiger partial charge in [-0.1, -0.05) is 32.0 Å². The van der Waals surface area contributed by atoms with Crippen molar-refractivity contribution in [2.45, 2.75) is 38.6 Å². The summed E-state index contributed by atoms with van der Waals surface area (Å²) in [7, 11) is 0. The van der Waals surface area contributed by atoms with Crippen LogP contribution in [0, 0.1) is 0 Å². The minimum atomic E-state index is -0.977. The van der Waals surface area contributed by atoms with E-state index in [-0.39, 0.29) is 23.4 Å². The molecular weight excluding hydrogens is 368 g/mol. The van der Waals surface area contributed by atoms with Crippen molar-refractivity contribution in [3.63, 3.8) is 0 Å². The van der Waals surface area contributed by atoms with Gasteiger partial charge < -0.3 is 10.0 Å². The monoisotopic (exact) mass is 392 g/mol. The zero-order valence-electron chi connectivity index (χ0n) is 16.6. The third-order valence-corrected chi connectivity index (χ3v) is 5.53. The standard InChI is InChI=1S/C22H24N4O3/c1-14(2)20-11-18(17-5-3-4-6-19(17)24-20)21(27)25-9-7-16(8-10-25)26-13-15(12-23-26)22(28)29/h3-6,11-14,16H,7-10H2,1-2H3,(H,28,29). The maximum Gasteiger partial charge on any atom is 0.338 e. The first-order valence-electron chi connectivity index (χ1n) is 9.90. The van der Waals surface area contributed by atoms with E-state index in [1.807, 2.05) is 35.2 Å². The molecule has 0 radical (unpaired) electrons. The van der Waals surface area contributed by atoms with Crippen molar-refractivity contribution in [1.82, 2.24) is 19.7 Å². The van der Waals surface area contributed by atoms with Crippen molar-refractivity contribution in [2.75, 3.05) is 13.1 Å². The summed E-state index contributed by atoms with van der Waals surface area (Å²) in [6.07, 6.45) is 4.42. The highest BCUT2D eigenvalue weighted by Crippen LogP contribution is 2.27. The van der Waals surface area contributed by atoms with E-state index >= 15 is 0 Å². The second kappa shape index (κ2) is 7.66. The Balaban J connectivity index is 1.54. The number of carbonyl (C=O) groups is 2. The number of pyridine rings is 1. The number of carbonyl (C=O) groups excluding carboxylic acids is 1. The minimum absolute atomic E-state index is 0.0237. The summed E-state index contributed by atoms with van der Waals surface area (Å²) in [6.45, 7) is 5.37. The number of nitrogens with zero attached hydrogens (tertiary/aromatic N) is 4. The largest absolute Gasteiger partial charge is 0.478 e. The Labute approximate surface area is 169 Å². The van der Waals surface area contributed by atoms with Crippen molar-refractivity contribution in [3.05, 3.63) is 59.5 Å². The number of piperidine rings is 1. The van der Waals surface area contributed by atoms with Gasteiger partial charge in [-0.05, 0) is 30.9 Å². The molecule has 1 aliphatic heterocycles. The first-order valence-corrected chi connectivity index (χ1v) is 9.90. The average Bonchev–Trinajstić information content (AvgIpc) is 3.23. The van der Waals surface area contributed by atoms with E-state index in [1.165, 1.54) is 6.20 Å². The molecule has 150 valence electrons. The summed E-state index contributed by atoms with van der Waals surface area (Å²) >= 11 is 0. The molecule has 0 unspecified atom stereocenters. The maximum atomic E-state index is 13.3. The Kier molecular flexibility index (Phi) is 5.05. The summed E-state index contributed by atoms with van der Waals surface area (Å²) in [5.74, 6) is -0.717. The molecule has 1 saturated heterocycles. The van der Waals surface area contributed by atoms with Gasteiger partial charge in [0, 0.05) is 30.4 Å². The van der Waals surface area contributed by atoms with Crippen LogP contribution < -0.4 is 0 Å². The number of aromatic nitrogens is 3. The summed E-state index contributed by atoms with van der Waals surface area (Å²) in [4.78, 5) is 31.0. The second-order valence-corrected chi connectivity index (χ2v) is 7.80. The fourth-order valence-electron chi connectivity index (χ4n) is 3.82. The smallest absolute Gasteiger partial charge is 0.338 e. The molecule has 1 amide bonds. The molecule has 0 bridgehead atoms.